The zero-order valence-electron chi connectivity index (χ0n) is 9.58. The molecule has 14 heavy (non-hydrogen) atoms. The Morgan fingerprint density at radius 1 is 1.29 bits per heavy atom. The Hall–Kier alpha value is -0.590. The van der Waals surface area contributed by atoms with Gasteiger partial charge in [0.05, 0.1) is 11.7 Å². The summed E-state index contributed by atoms with van der Waals surface area (Å²) < 4.78 is 0. The van der Waals surface area contributed by atoms with E-state index in [1.165, 1.54) is 0 Å². The number of aliphatic hydroxyl groups is 1. The first-order valence-corrected chi connectivity index (χ1v) is 5.43. The van der Waals surface area contributed by atoms with Gasteiger partial charge in [-0.3, -0.25) is 4.90 Å². The van der Waals surface area contributed by atoms with Crippen molar-refractivity contribution in [3.8, 4) is 6.07 Å². The maximum Gasteiger partial charge on any atom is 0.0768 e. The average molecular weight is 198 g/mol. The first-order valence-electron chi connectivity index (χ1n) is 5.43. The van der Waals surface area contributed by atoms with Crippen molar-refractivity contribution in [3.63, 3.8) is 0 Å². The minimum Gasteiger partial charge on any atom is -0.389 e. The second kappa shape index (κ2) is 6.80. The van der Waals surface area contributed by atoms with E-state index in [1.807, 2.05) is 13.8 Å². The van der Waals surface area contributed by atoms with Gasteiger partial charge in [-0.1, -0.05) is 20.8 Å². The predicted octanol–water partition coefficient (Wildman–Crippen LogP) is 1.77. The zero-order chi connectivity index (χ0) is 11.0. The van der Waals surface area contributed by atoms with E-state index in [4.69, 9.17) is 5.26 Å². The molecular formula is C11H22N2O. The summed E-state index contributed by atoms with van der Waals surface area (Å²) in [6.07, 6.45) is 2.08. The van der Waals surface area contributed by atoms with E-state index >= 15 is 0 Å². The zero-order valence-corrected chi connectivity index (χ0v) is 9.58. The molecule has 3 heteroatoms. The molecule has 0 bridgehead atoms. The Morgan fingerprint density at radius 3 is 2.21 bits per heavy atom. The number of rotatable bonds is 7. The molecule has 0 aliphatic rings. The van der Waals surface area contributed by atoms with Gasteiger partial charge in [-0.2, -0.15) is 5.26 Å². The Labute approximate surface area is 87.3 Å². The second-order valence-corrected chi connectivity index (χ2v) is 3.71. The minimum atomic E-state index is -0.578. The molecule has 0 heterocycles. The molecule has 0 fully saturated rings. The summed E-state index contributed by atoms with van der Waals surface area (Å²) >= 11 is 0. The third kappa shape index (κ3) is 4.59. The number of likely N-dealkylation sites (N-methyl/N-ethyl adjacent to an activating group) is 1. The highest BCUT2D eigenvalue weighted by Gasteiger charge is 2.24. The summed E-state index contributed by atoms with van der Waals surface area (Å²) in [5, 5.41) is 18.6. The fourth-order valence-corrected chi connectivity index (χ4v) is 1.45. The number of hydrogen-bond donors (Lipinski definition) is 1. The van der Waals surface area contributed by atoms with Crippen LogP contribution < -0.4 is 0 Å². The van der Waals surface area contributed by atoms with E-state index in [0.717, 1.165) is 25.9 Å². The summed E-state index contributed by atoms with van der Waals surface area (Å²) in [5.41, 5.74) is -0.578. The van der Waals surface area contributed by atoms with Gasteiger partial charge in [-0.25, -0.2) is 0 Å². The molecule has 0 aromatic rings. The summed E-state index contributed by atoms with van der Waals surface area (Å²) in [6.45, 7) is 8.39. The lowest BCUT2D eigenvalue weighted by Gasteiger charge is -2.31. The van der Waals surface area contributed by atoms with Gasteiger partial charge < -0.3 is 5.11 Å². The van der Waals surface area contributed by atoms with Crippen LogP contribution in [0.1, 0.15) is 40.0 Å². The molecule has 82 valence electrons. The van der Waals surface area contributed by atoms with Gasteiger partial charge >= 0.3 is 0 Å². The molecule has 0 amide bonds. The van der Waals surface area contributed by atoms with Crippen LogP contribution in [0.3, 0.4) is 0 Å². The van der Waals surface area contributed by atoms with Crippen molar-refractivity contribution in [1.82, 2.24) is 4.90 Å². The van der Waals surface area contributed by atoms with Crippen LogP contribution in [0.5, 0.6) is 0 Å². The van der Waals surface area contributed by atoms with E-state index in [1.54, 1.807) is 0 Å². The summed E-state index contributed by atoms with van der Waals surface area (Å²) in [5.74, 6) is 0. The molecule has 0 spiro atoms. The SMILES string of the molecule is CCN(CCC#N)CC(O)(CC)CC. The fourth-order valence-electron chi connectivity index (χ4n) is 1.45. The maximum absolute atomic E-state index is 10.1. The molecule has 0 saturated heterocycles. The third-order valence-electron chi connectivity index (χ3n) is 2.82. The van der Waals surface area contributed by atoms with Gasteiger partial charge in [-0.15, -0.1) is 0 Å². The normalized spacial score (nSPS) is 11.7. The van der Waals surface area contributed by atoms with Crippen molar-refractivity contribution >= 4 is 0 Å². The quantitative estimate of drug-likeness (QED) is 0.678. The van der Waals surface area contributed by atoms with Gasteiger partial charge in [-0.05, 0) is 19.4 Å². The maximum atomic E-state index is 10.1. The monoisotopic (exact) mass is 198 g/mol. The van der Waals surface area contributed by atoms with Crippen LogP contribution in [0.4, 0.5) is 0 Å². The Bertz CT molecular complexity index is 182. The van der Waals surface area contributed by atoms with Crippen molar-refractivity contribution in [2.75, 3.05) is 19.6 Å². The Balaban J connectivity index is 4.08. The van der Waals surface area contributed by atoms with E-state index in [9.17, 15) is 5.11 Å². The molecule has 0 radical (unpaired) electrons. The molecule has 0 saturated carbocycles. The van der Waals surface area contributed by atoms with E-state index in [-0.39, 0.29) is 0 Å². The van der Waals surface area contributed by atoms with Crippen molar-refractivity contribution in [2.45, 2.75) is 45.6 Å². The molecule has 1 N–H and O–H groups in total. The summed E-state index contributed by atoms with van der Waals surface area (Å²) in [7, 11) is 0. The van der Waals surface area contributed by atoms with Gasteiger partial charge in [0, 0.05) is 19.5 Å². The lowest BCUT2D eigenvalue weighted by Crippen LogP contribution is -2.42. The minimum absolute atomic E-state index is 0.539. The van der Waals surface area contributed by atoms with E-state index < -0.39 is 5.60 Å². The molecule has 0 aliphatic carbocycles. The molecule has 0 unspecified atom stereocenters. The smallest absolute Gasteiger partial charge is 0.0768 e. The highest BCUT2D eigenvalue weighted by Crippen LogP contribution is 2.16. The first-order chi connectivity index (χ1) is 6.61. The van der Waals surface area contributed by atoms with Crippen LogP contribution in [0.15, 0.2) is 0 Å². The van der Waals surface area contributed by atoms with Crippen molar-refractivity contribution in [3.05, 3.63) is 0 Å². The number of nitrogens with zero attached hydrogens (tertiary/aromatic N) is 2. The first kappa shape index (κ1) is 13.4. The van der Waals surface area contributed by atoms with Gasteiger partial charge in [0.2, 0.25) is 0 Å². The fraction of sp³-hybridized carbons (Fsp3) is 0.909. The van der Waals surface area contributed by atoms with E-state index in [2.05, 4.69) is 17.9 Å². The highest BCUT2D eigenvalue weighted by atomic mass is 16.3. The molecular weight excluding hydrogens is 176 g/mol. The van der Waals surface area contributed by atoms with Crippen molar-refractivity contribution in [2.24, 2.45) is 0 Å². The third-order valence-corrected chi connectivity index (χ3v) is 2.82. The summed E-state index contributed by atoms with van der Waals surface area (Å²) in [6, 6.07) is 2.13. The van der Waals surface area contributed by atoms with Crippen LogP contribution in [-0.4, -0.2) is 35.2 Å². The average Bonchev–Trinajstić information content (AvgIpc) is 2.23. The molecule has 0 rings (SSSR count). The van der Waals surface area contributed by atoms with Crippen LogP contribution in [0.2, 0.25) is 0 Å². The standard InChI is InChI=1S/C11H22N2O/c1-4-11(14,5-2)10-13(6-3)9-7-8-12/h14H,4-7,9-10H2,1-3H3. The van der Waals surface area contributed by atoms with Crippen LogP contribution in [-0.2, 0) is 0 Å². The molecule has 0 aliphatic heterocycles. The predicted molar refractivity (Wildman–Crippen MR) is 57.9 cm³/mol. The van der Waals surface area contributed by atoms with Crippen molar-refractivity contribution in [1.29, 1.82) is 5.26 Å². The molecule has 0 aromatic heterocycles. The van der Waals surface area contributed by atoms with Gasteiger partial charge in [0.1, 0.15) is 0 Å². The number of nitriles is 1. The lowest BCUT2D eigenvalue weighted by atomic mass is 9.97. The Morgan fingerprint density at radius 2 is 1.86 bits per heavy atom. The largest absolute Gasteiger partial charge is 0.389 e. The molecule has 0 atom stereocenters. The number of hydrogen-bond acceptors (Lipinski definition) is 3. The highest BCUT2D eigenvalue weighted by molar-refractivity contribution is 4.81. The van der Waals surface area contributed by atoms with Crippen LogP contribution in [0.25, 0.3) is 0 Å². The van der Waals surface area contributed by atoms with Gasteiger partial charge in [0.25, 0.3) is 0 Å². The topological polar surface area (TPSA) is 47.3 Å². The lowest BCUT2D eigenvalue weighted by molar-refractivity contribution is -0.00163. The second-order valence-electron chi connectivity index (χ2n) is 3.71. The van der Waals surface area contributed by atoms with E-state index in [0.29, 0.717) is 13.0 Å². The van der Waals surface area contributed by atoms with Gasteiger partial charge in [0.15, 0.2) is 0 Å². The van der Waals surface area contributed by atoms with Crippen LogP contribution in [0, 0.1) is 11.3 Å². The summed E-state index contributed by atoms with van der Waals surface area (Å²) in [4.78, 5) is 2.14. The van der Waals surface area contributed by atoms with Crippen LogP contribution >= 0.6 is 0 Å². The van der Waals surface area contributed by atoms with Crippen molar-refractivity contribution < 1.29 is 5.11 Å². The molecule has 3 nitrogen and oxygen atoms in total. The Kier molecular flexibility index (Phi) is 6.52. The molecule has 0 aromatic carbocycles.